The molecule has 144 valence electrons. The Morgan fingerprint density at radius 1 is 0.885 bits per heavy atom. The van der Waals surface area contributed by atoms with Crippen LogP contribution < -0.4 is 0 Å². The lowest BCUT2D eigenvalue weighted by Gasteiger charge is -2.37. The van der Waals surface area contributed by atoms with Crippen LogP contribution in [-0.4, -0.2) is 0 Å². The highest BCUT2D eigenvalue weighted by Crippen LogP contribution is 2.45. The Kier molecular flexibility index (Phi) is 7.64. The van der Waals surface area contributed by atoms with Crippen LogP contribution in [0.2, 0.25) is 0 Å². The van der Waals surface area contributed by atoms with Crippen molar-refractivity contribution in [3.8, 4) is 0 Å². The van der Waals surface area contributed by atoms with Gasteiger partial charge in [0, 0.05) is 5.92 Å². The Balaban J connectivity index is 1.45. The zero-order valence-electron chi connectivity index (χ0n) is 17.5. The Bertz CT molecular complexity index is 497. The highest BCUT2D eigenvalue weighted by Gasteiger charge is 2.31. The van der Waals surface area contributed by atoms with Crippen molar-refractivity contribution < 1.29 is 0 Å². The van der Waals surface area contributed by atoms with E-state index in [1.54, 1.807) is 5.92 Å². The molecule has 1 unspecified atom stereocenters. The van der Waals surface area contributed by atoms with Crippen molar-refractivity contribution in [2.24, 2.45) is 17.8 Å². The van der Waals surface area contributed by atoms with Crippen molar-refractivity contribution in [2.75, 3.05) is 0 Å². The molecule has 0 nitrogen and oxygen atoms in total. The van der Waals surface area contributed by atoms with Gasteiger partial charge in [0.15, 0.2) is 0 Å². The Labute approximate surface area is 163 Å². The third-order valence-electron chi connectivity index (χ3n) is 7.25. The third-order valence-corrected chi connectivity index (χ3v) is 7.25. The zero-order chi connectivity index (χ0) is 18.4. The van der Waals surface area contributed by atoms with Gasteiger partial charge >= 0.3 is 0 Å². The van der Waals surface area contributed by atoms with E-state index in [2.05, 4.69) is 45.0 Å². The molecule has 0 amide bonds. The minimum atomic E-state index is 0.799. The van der Waals surface area contributed by atoms with Crippen LogP contribution in [0, 0.1) is 29.6 Å². The van der Waals surface area contributed by atoms with E-state index >= 15 is 0 Å². The number of benzene rings is 1. The van der Waals surface area contributed by atoms with E-state index in [1.165, 1.54) is 88.2 Å². The SMILES string of the molecule is CCCC1CC[C](C2CC[C](c3ccc(CC(C)CC)cc3)CC2)CC1. The van der Waals surface area contributed by atoms with Crippen molar-refractivity contribution in [2.45, 2.75) is 97.8 Å². The lowest BCUT2D eigenvalue weighted by molar-refractivity contribution is 0.286. The first-order valence-corrected chi connectivity index (χ1v) is 11.5. The van der Waals surface area contributed by atoms with Crippen LogP contribution in [0.4, 0.5) is 0 Å². The standard InChI is InChI=1S/C26H40/c1-4-6-21-7-11-23(12-8-21)25-15-17-26(18-16-25)24-13-9-22(10-14-24)19-20(3)5-2/h9-10,13-14,20-21,25H,4-8,11-12,15-19H2,1-3H3. The summed E-state index contributed by atoms with van der Waals surface area (Å²) in [6, 6.07) is 9.56. The van der Waals surface area contributed by atoms with Crippen LogP contribution in [0.1, 0.15) is 103 Å². The molecular weight excluding hydrogens is 312 g/mol. The van der Waals surface area contributed by atoms with Gasteiger partial charge in [-0.05, 0) is 92.6 Å². The molecule has 3 rings (SSSR count). The summed E-state index contributed by atoms with van der Waals surface area (Å²) in [4.78, 5) is 0. The van der Waals surface area contributed by atoms with Crippen molar-refractivity contribution in [3.63, 3.8) is 0 Å². The lowest BCUT2D eigenvalue weighted by Crippen LogP contribution is -2.24. The lowest BCUT2D eigenvalue weighted by atomic mass is 9.68. The largest absolute Gasteiger partial charge is 0.0654 e. The minimum Gasteiger partial charge on any atom is -0.0654 e. The van der Waals surface area contributed by atoms with Crippen LogP contribution in [0.3, 0.4) is 0 Å². The molecule has 26 heavy (non-hydrogen) atoms. The maximum absolute atomic E-state index is 2.40. The van der Waals surface area contributed by atoms with Gasteiger partial charge in [-0.25, -0.2) is 0 Å². The molecule has 2 aliphatic carbocycles. The highest BCUT2D eigenvalue weighted by atomic mass is 14.4. The summed E-state index contributed by atoms with van der Waals surface area (Å²) in [6.07, 6.45) is 16.7. The smallest absolute Gasteiger partial charge is 0.00500 e. The van der Waals surface area contributed by atoms with E-state index in [-0.39, 0.29) is 0 Å². The molecule has 0 saturated heterocycles. The third kappa shape index (κ3) is 5.37. The highest BCUT2D eigenvalue weighted by molar-refractivity contribution is 5.34. The molecule has 0 aliphatic heterocycles. The maximum atomic E-state index is 2.40. The fourth-order valence-corrected chi connectivity index (χ4v) is 5.24. The molecule has 1 atom stereocenters. The molecule has 0 spiro atoms. The van der Waals surface area contributed by atoms with E-state index in [1.807, 2.05) is 5.92 Å². The Morgan fingerprint density at radius 3 is 2.12 bits per heavy atom. The molecule has 0 aromatic heterocycles. The summed E-state index contributed by atoms with van der Waals surface area (Å²) >= 11 is 0. The first kappa shape index (κ1) is 20.0. The van der Waals surface area contributed by atoms with Gasteiger partial charge in [0.2, 0.25) is 0 Å². The molecule has 0 heteroatoms. The van der Waals surface area contributed by atoms with Crippen LogP contribution in [0.15, 0.2) is 24.3 Å². The molecule has 0 bridgehead atoms. The van der Waals surface area contributed by atoms with E-state index in [4.69, 9.17) is 0 Å². The summed E-state index contributed by atoms with van der Waals surface area (Å²) in [6.45, 7) is 6.99. The van der Waals surface area contributed by atoms with Crippen LogP contribution in [-0.2, 0) is 6.42 Å². The fourth-order valence-electron chi connectivity index (χ4n) is 5.24. The first-order valence-electron chi connectivity index (χ1n) is 11.5. The second-order valence-electron chi connectivity index (χ2n) is 9.18. The van der Waals surface area contributed by atoms with Crippen LogP contribution in [0.5, 0.6) is 0 Å². The minimum absolute atomic E-state index is 0.799. The van der Waals surface area contributed by atoms with Crippen LogP contribution >= 0.6 is 0 Å². The summed E-state index contributed by atoms with van der Waals surface area (Å²) in [5.74, 6) is 6.42. The molecule has 0 N–H and O–H groups in total. The summed E-state index contributed by atoms with van der Waals surface area (Å²) in [5.41, 5.74) is 3.03. The van der Waals surface area contributed by atoms with Crippen molar-refractivity contribution in [1.82, 2.24) is 0 Å². The molecular formula is C26H40. The average Bonchev–Trinajstić information content (AvgIpc) is 2.69. The molecule has 1 aromatic carbocycles. The predicted molar refractivity (Wildman–Crippen MR) is 114 cm³/mol. The predicted octanol–water partition coefficient (Wildman–Crippen LogP) is 7.95. The van der Waals surface area contributed by atoms with Gasteiger partial charge in [0.25, 0.3) is 0 Å². The fraction of sp³-hybridized carbons (Fsp3) is 0.692. The van der Waals surface area contributed by atoms with Gasteiger partial charge in [-0.2, -0.15) is 0 Å². The maximum Gasteiger partial charge on any atom is 0.00500 e. The molecule has 2 saturated carbocycles. The van der Waals surface area contributed by atoms with Crippen molar-refractivity contribution in [3.05, 3.63) is 47.2 Å². The molecule has 2 aliphatic rings. The number of hydrogen-bond donors (Lipinski definition) is 0. The molecule has 2 radical (unpaired) electrons. The average molecular weight is 353 g/mol. The van der Waals surface area contributed by atoms with E-state index in [9.17, 15) is 0 Å². The summed E-state index contributed by atoms with van der Waals surface area (Å²) in [7, 11) is 0. The molecule has 2 fully saturated rings. The number of rotatable bonds is 7. The first-order chi connectivity index (χ1) is 12.7. The molecule has 0 heterocycles. The topological polar surface area (TPSA) is 0 Å². The summed E-state index contributed by atoms with van der Waals surface area (Å²) < 4.78 is 0. The number of hydrogen-bond acceptors (Lipinski definition) is 0. The van der Waals surface area contributed by atoms with Crippen molar-refractivity contribution >= 4 is 0 Å². The Morgan fingerprint density at radius 2 is 1.54 bits per heavy atom. The van der Waals surface area contributed by atoms with Gasteiger partial charge in [-0.15, -0.1) is 0 Å². The second-order valence-corrected chi connectivity index (χ2v) is 9.18. The van der Waals surface area contributed by atoms with E-state index in [0.29, 0.717) is 0 Å². The summed E-state index contributed by atoms with van der Waals surface area (Å²) in [5, 5.41) is 0. The molecule has 1 aromatic rings. The van der Waals surface area contributed by atoms with Gasteiger partial charge < -0.3 is 0 Å². The van der Waals surface area contributed by atoms with Gasteiger partial charge in [0.1, 0.15) is 0 Å². The van der Waals surface area contributed by atoms with Gasteiger partial charge in [0.05, 0.1) is 0 Å². The van der Waals surface area contributed by atoms with Gasteiger partial charge in [-0.1, -0.05) is 64.3 Å². The van der Waals surface area contributed by atoms with E-state index in [0.717, 1.165) is 17.8 Å². The second kappa shape index (κ2) is 9.95. The Hall–Kier alpha value is -0.780. The van der Waals surface area contributed by atoms with Gasteiger partial charge in [-0.3, -0.25) is 0 Å². The van der Waals surface area contributed by atoms with E-state index < -0.39 is 0 Å². The quantitative estimate of drug-likeness (QED) is 0.467. The normalized spacial score (nSPS) is 22.6. The van der Waals surface area contributed by atoms with Crippen LogP contribution in [0.25, 0.3) is 0 Å². The van der Waals surface area contributed by atoms with Crippen molar-refractivity contribution in [1.29, 1.82) is 0 Å². The zero-order valence-corrected chi connectivity index (χ0v) is 17.5. The monoisotopic (exact) mass is 352 g/mol.